The molecule has 0 aromatic rings. The Hall–Kier alpha value is -3.90. The lowest BCUT2D eigenvalue weighted by atomic mass is 9.86. The fraction of sp³-hybridized carbons (Fsp3) is 0.677. The number of rotatable bonds is 23. The van der Waals surface area contributed by atoms with Gasteiger partial charge in [-0.1, -0.05) is 40.5 Å². The van der Waals surface area contributed by atoms with Crippen LogP contribution in [0.15, 0.2) is 12.2 Å². The van der Waals surface area contributed by atoms with E-state index in [-0.39, 0.29) is 68.1 Å². The van der Waals surface area contributed by atoms with E-state index in [9.17, 15) is 43.5 Å². The Bertz CT molecular complexity index is 1080. The van der Waals surface area contributed by atoms with Crippen molar-refractivity contribution in [3.8, 4) is 0 Å². The summed E-state index contributed by atoms with van der Waals surface area (Å²) >= 11 is 0. The van der Waals surface area contributed by atoms with Crippen molar-refractivity contribution in [2.24, 2.45) is 23.5 Å². The second-order valence-corrected chi connectivity index (χ2v) is 11.9. The van der Waals surface area contributed by atoms with E-state index in [4.69, 9.17) is 5.73 Å². The van der Waals surface area contributed by atoms with Gasteiger partial charge < -0.3 is 21.5 Å². The van der Waals surface area contributed by atoms with Crippen molar-refractivity contribution < 1.29 is 43.5 Å². The van der Waals surface area contributed by atoms with Crippen LogP contribution in [0.25, 0.3) is 0 Å². The normalized spacial score (nSPS) is 14.9. The molecule has 1 rings (SSSR count). The Balaban J connectivity index is 2.79. The number of primary amides is 1. The summed E-state index contributed by atoms with van der Waals surface area (Å²) in [5.74, 6) is -5.41. The molecule has 13 nitrogen and oxygen atoms in total. The molecular formula is C31H48N4O9. The highest BCUT2D eigenvalue weighted by molar-refractivity contribution is 6.12. The lowest BCUT2D eigenvalue weighted by Crippen LogP contribution is -2.48. The third-order valence-corrected chi connectivity index (χ3v) is 7.51. The van der Waals surface area contributed by atoms with Gasteiger partial charge in [0.2, 0.25) is 17.7 Å². The van der Waals surface area contributed by atoms with E-state index in [2.05, 4.69) is 10.6 Å². The zero-order valence-corrected chi connectivity index (χ0v) is 26.3. The van der Waals surface area contributed by atoms with Gasteiger partial charge >= 0.3 is 5.97 Å². The Kier molecular flexibility index (Phi) is 16.8. The predicted octanol–water partition coefficient (Wildman–Crippen LogP) is 1.81. The molecule has 0 unspecified atom stereocenters. The Morgan fingerprint density at radius 2 is 1.41 bits per heavy atom. The molecule has 5 amide bonds. The van der Waals surface area contributed by atoms with Gasteiger partial charge in [-0.2, -0.15) is 0 Å². The summed E-state index contributed by atoms with van der Waals surface area (Å²) in [6.07, 6.45) is 4.62. The average Bonchev–Trinajstić information content (AvgIpc) is 3.26. The van der Waals surface area contributed by atoms with Gasteiger partial charge in [0.1, 0.15) is 0 Å². The number of carbonyl (C=O) groups is 8. The van der Waals surface area contributed by atoms with Crippen molar-refractivity contribution in [3.05, 3.63) is 12.2 Å². The number of amides is 5. The van der Waals surface area contributed by atoms with Crippen molar-refractivity contribution >= 4 is 47.1 Å². The highest BCUT2D eigenvalue weighted by Crippen LogP contribution is 2.20. The standard InChI is InChI=1S/C31H48N4O9/c1-19(2)21(31(44)34-23(30(43)20(3)4)10-7-8-11-25(32)37)18-24(36)22(13-16-29(41)42)33-26(38)12-6-5-9-17-35-27(39)14-15-28(35)40/h14-15,19-23H,5-13,16-18H2,1-4H3,(H2,32,37)(H,33,38)(H,34,44)(H,41,42)/t21-,22-,23-/m0/s1. The summed E-state index contributed by atoms with van der Waals surface area (Å²) in [5.41, 5.74) is 5.19. The lowest BCUT2D eigenvalue weighted by molar-refractivity contribution is -0.139. The summed E-state index contributed by atoms with van der Waals surface area (Å²) in [5, 5.41) is 14.6. The van der Waals surface area contributed by atoms with Crippen LogP contribution in [0.3, 0.4) is 0 Å². The number of hydrogen-bond donors (Lipinski definition) is 4. The van der Waals surface area contributed by atoms with Crippen LogP contribution in [0.1, 0.15) is 98.3 Å². The molecule has 0 aromatic carbocycles. The van der Waals surface area contributed by atoms with E-state index in [0.717, 1.165) is 4.90 Å². The minimum atomic E-state index is -1.14. The van der Waals surface area contributed by atoms with E-state index in [1.807, 2.05) is 0 Å². The molecule has 44 heavy (non-hydrogen) atoms. The van der Waals surface area contributed by atoms with Crippen molar-refractivity contribution in [3.63, 3.8) is 0 Å². The highest BCUT2D eigenvalue weighted by Gasteiger charge is 2.32. The van der Waals surface area contributed by atoms with Gasteiger partial charge in [0.05, 0.1) is 12.1 Å². The number of unbranched alkanes of at least 4 members (excludes halogenated alkanes) is 3. The molecule has 0 spiro atoms. The van der Waals surface area contributed by atoms with Gasteiger partial charge in [0, 0.05) is 56.2 Å². The Morgan fingerprint density at radius 1 is 0.795 bits per heavy atom. The topological polar surface area (TPSA) is 210 Å². The van der Waals surface area contributed by atoms with Gasteiger partial charge in [-0.15, -0.1) is 0 Å². The van der Waals surface area contributed by atoms with Gasteiger partial charge in [-0.25, -0.2) is 0 Å². The third kappa shape index (κ3) is 14.0. The van der Waals surface area contributed by atoms with Crippen LogP contribution in [0.2, 0.25) is 0 Å². The van der Waals surface area contributed by atoms with Crippen molar-refractivity contribution in [1.29, 1.82) is 0 Å². The fourth-order valence-corrected chi connectivity index (χ4v) is 4.84. The van der Waals surface area contributed by atoms with Gasteiger partial charge in [-0.3, -0.25) is 43.3 Å². The highest BCUT2D eigenvalue weighted by atomic mass is 16.4. The lowest BCUT2D eigenvalue weighted by Gasteiger charge is -2.26. The van der Waals surface area contributed by atoms with E-state index in [0.29, 0.717) is 38.5 Å². The van der Waals surface area contributed by atoms with Crippen LogP contribution in [-0.2, 0) is 38.4 Å². The molecule has 0 saturated heterocycles. The van der Waals surface area contributed by atoms with Crippen molar-refractivity contribution in [2.45, 2.75) is 110 Å². The van der Waals surface area contributed by atoms with Crippen molar-refractivity contribution in [2.75, 3.05) is 6.54 Å². The first-order valence-corrected chi connectivity index (χ1v) is 15.3. The smallest absolute Gasteiger partial charge is 0.303 e. The zero-order chi connectivity index (χ0) is 33.4. The second kappa shape index (κ2) is 19.4. The summed E-state index contributed by atoms with van der Waals surface area (Å²) in [6, 6.07) is -1.91. The summed E-state index contributed by atoms with van der Waals surface area (Å²) < 4.78 is 0. The molecule has 0 aliphatic carbocycles. The number of imide groups is 1. The number of carbonyl (C=O) groups excluding carboxylic acids is 7. The van der Waals surface area contributed by atoms with Gasteiger partial charge in [0.25, 0.3) is 11.8 Å². The van der Waals surface area contributed by atoms with E-state index in [1.165, 1.54) is 12.2 Å². The minimum absolute atomic E-state index is 0.0554. The number of carboxylic acid groups (broad SMARTS) is 1. The number of hydrogen-bond acceptors (Lipinski definition) is 8. The Morgan fingerprint density at radius 3 is 1.95 bits per heavy atom. The number of nitrogens with zero attached hydrogens (tertiary/aromatic N) is 1. The maximum atomic E-state index is 13.3. The summed E-state index contributed by atoms with van der Waals surface area (Å²) in [4.78, 5) is 98.8. The molecule has 246 valence electrons. The first-order valence-electron chi connectivity index (χ1n) is 15.3. The molecule has 0 aromatic heterocycles. The number of nitrogens with one attached hydrogen (secondary N) is 2. The number of nitrogens with two attached hydrogens (primary N) is 1. The molecule has 1 heterocycles. The van der Waals surface area contributed by atoms with Gasteiger partial charge in [-0.05, 0) is 38.0 Å². The first kappa shape index (κ1) is 38.1. The van der Waals surface area contributed by atoms with Crippen molar-refractivity contribution in [1.82, 2.24) is 15.5 Å². The minimum Gasteiger partial charge on any atom is -0.481 e. The third-order valence-electron chi connectivity index (χ3n) is 7.51. The number of carboxylic acids is 1. The maximum absolute atomic E-state index is 13.3. The molecule has 0 fully saturated rings. The van der Waals surface area contributed by atoms with Crippen LogP contribution in [0.5, 0.6) is 0 Å². The largest absolute Gasteiger partial charge is 0.481 e. The van der Waals surface area contributed by atoms with Crippen LogP contribution >= 0.6 is 0 Å². The number of aliphatic carboxylic acids is 1. The van der Waals surface area contributed by atoms with Crippen LogP contribution in [0, 0.1) is 17.8 Å². The molecule has 0 saturated carbocycles. The molecule has 5 N–H and O–H groups in total. The molecule has 3 atom stereocenters. The molecule has 0 bridgehead atoms. The van der Waals surface area contributed by atoms with E-state index in [1.54, 1.807) is 27.7 Å². The predicted molar refractivity (Wildman–Crippen MR) is 161 cm³/mol. The average molecular weight is 621 g/mol. The van der Waals surface area contributed by atoms with E-state index < -0.39 is 47.5 Å². The van der Waals surface area contributed by atoms with Crippen LogP contribution < -0.4 is 16.4 Å². The summed E-state index contributed by atoms with van der Waals surface area (Å²) in [6.45, 7) is 7.19. The SMILES string of the molecule is CC(C)C(=O)[C@H](CCCCC(N)=O)NC(=O)[C@@H](CC(=O)[C@H](CCC(=O)O)NC(=O)CCCCCN1C(=O)C=CC1=O)C(C)C. The van der Waals surface area contributed by atoms with Crippen LogP contribution in [-0.4, -0.2) is 75.7 Å². The molecule has 13 heteroatoms. The Labute approximate surface area is 258 Å². The fourth-order valence-electron chi connectivity index (χ4n) is 4.84. The number of Topliss-reactive ketones (excluding diaryl/α,β-unsaturated/α-hetero) is 2. The van der Waals surface area contributed by atoms with Crippen LogP contribution in [0.4, 0.5) is 0 Å². The second-order valence-electron chi connectivity index (χ2n) is 11.9. The summed E-state index contributed by atoms with van der Waals surface area (Å²) in [7, 11) is 0. The first-order chi connectivity index (χ1) is 20.6. The number of ketones is 2. The van der Waals surface area contributed by atoms with Gasteiger partial charge in [0.15, 0.2) is 11.6 Å². The van der Waals surface area contributed by atoms with E-state index >= 15 is 0 Å². The molecule has 0 radical (unpaired) electrons. The molecular weight excluding hydrogens is 572 g/mol. The monoisotopic (exact) mass is 620 g/mol. The maximum Gasteiger partial charge on any atom is 0.303 e. The quantitative estimate of drug-likeness (QED) is 0.0968. The zero-order valence-electron chi connectivity index (χ0n) is 26.3. The molecule has 1 aliphatic heterocycles. The molecule has 1 aliphatic rings.